The fraction of sp³-hybridized carbons (Fsp3) is 0.333. The van der Waals surface area contributed by atoms with Crippen molar-refractivity contribution in [3.8, 4) is 0 Å². The third-order valence-corrected chi connectivity index (χ3v) is 4.44. The third kappa shape index (κ3) is 3.50. The highest BCUT2D eigenvalue weighted by Crippen LogP contribution is 2.60. The zero-order chi connectivity index (χ0) is 14.5. The van der Waals surface area contributed by atoms with E-state index in [1.807, 2.05) is 0 Å². The van der Waals surface area contributed by atoms with Gasteiger partial charge in [0, 0.05) is 6.07 Å². The highest BCUT2D eigenvalue weighted by atomic mass is 31.2. The van der Waals surface area contributed by atoms with E-state index >= 15 is 0 Å². The first-order valence-electron chi connectivity index (χ1n) is 5.78. The van der Waals surface area contributed by atoms with Gasteiger partial charge in [-0.1, -0.05) is 18.7 Å². The number of nitrogens with zero attached hydrogens (tertiary/aromatic N) is 1. The van der Waals surface area contributed by atoms with E-state index in [0.29, 0.717) is 0 Å². The standard InChI is InChI=1S/C12H16NO5P/c1-4-17-19(16,18-5-2)10(3)11-8-6-7-9-12(11)13(14)15/h6-9H,3-5H2,1-2H3. The fourth-order valence-electron chi connectivity index (χ4n) is 1.56. The minimum Gasteiger partial charge on any atom is -0.305 e. The molecule has 0 atom stereocenters. The van der Waals surface area contributed by atoms with E-state index in [1.54, 1.807) is 19.9 Å². The maximum atomic E-state index is 12.5. The molecule has 0 N–H and O–H groups in total. The van der Waals surface area contributed by atoms with Gasteiger partial charge in [0.05, 0.1) is 29.0 Å². The summed E-state index contributed by atoms with van der Waals surface area (Å²) in [7, 11) is -3.60. The Morgan fingerprint density at radius 1 is 1.32 bits per heavy atom. The molecular weight excluding hydrogens is 269 g/mol. The number of hydrogen-bond donors (Lipinski definition) is 0. The van der Waals surface area contributed by atoms with Crippen LogP contribution in [0.2, 0.25) is 0 Å². The van der Waals surface area contributed by atoms with Crippen LogP contribution in [-0.4, -0.2) is 18.1 Å². The molecule has 19 heavy (non-hydrogen) atoms. The van der Waals surface area contributed by atoms with Crippen molar-refractivity contribution in [2.75, 3.05) is 13.2 Å². The Hall–Kier alpha value is -1.49. The van der Waals surface area contributed by atoms with Crippen LogP contribution in [0, 0.1) is 10.1 Å². The maximum Gasteiger partial charge on any atom is 0.361 e. The molecule has 0 saturated carbocycles. The summed E-state index contributed by atoms with van der Waals surface area (Å²) in [6.07, 6.45) is 0. The number of para-hydroxylation sites is 1. The quantitative estimate of drug-likeness (QED) is 0.432. The third-order valence-electron chi connectivity index (χ3n) is 2.34. The second kappa shape index (κ2) is 6.61. The Morgan fingerprint density at radius 3 is 2.32 bits per heavy atom. The predicted molar refractivity (Wildman–Crippen MR) is 73.0 cm³/mol. The highest BCUT2D eigenvalue weighted by Gasteiger charge is 2.32. The molecule has 0 fully saturated rings. The van der Waals surface area contributed by atoms with Crippen LogP contribution in [0.5, 0.6) is 0 Å². The summed E-state index contributed by atoms with van der Waals surface area (Å²) in [6, 6.07) is 5.94. The highest BCUT2D eigenvalue weighted by molar-refractivity contribution is 7.65. The van der Waals surface area contributed by atoms with E-state index in [1.165, 1.54) is 18.2 Å². The summed E-state index contributed by atoms with van der Waals surface area (Å²) in [6.45, 7) is 7.32. The lowest BCUT2D eigenvalue weighted by molar-refractivity contribution is -0.385. The molecule has 1 aromatic rings. The van der Waals surface area contributed by atoms with Gasteiger partial charge in [-0.05, 0) is 19.9 Å². The molecule has 1 aromatic carbocycles. The molecule has 0 heterocycles. The van der Waals surface area contributed by atoms with Gasteiger partial charge in [-0.15, -0.1) is 0 Å². The first kappa shape index (κ1) is 15.6. The van der Waals surface area contributed by atoms with Crippen molar-refractivity contribution in [3.05, 3.63) is 46.5 Å². The Labute approximate surface area is 111 Å². The van der Waals surface area contributed by atoms with Gasteiger partial charge in [0.25, 0.3) is 5.69 Å². The molecule has 0 amide bonds. The summed E-state index contributed by atoms with van der Waals surface area (Å²) in [5.41, 5.74) is -0.00938. The van der Waals surface area contributed by atoms with Gasteiger partial charge in [0.2, 0.25) is 0 Å². The first-order chi connectivity index (χ1) is 8.96. The van der Waals surface area contributed by atoms with Crippen LogP contribution in [-0.2, 0) is 13.6 Å². The van der Waals surface area contributed by atoms with E-state index in [9.17, 15) is 14.7 Å². The van der Waals surface area contributed by atoms with Gasteiger partial charge in [-0.25, -0.2) is 0 Å². The zero-order valence-electron chi connectivity index (χ0n) is 10.9. The van der Waals surface area contributed by atoms with E-state index in [-0.39, 0.29) is 29.8 Å². The van der Waals surface area contributed by atoms with E-state index in [4.69, 9.17) is 9.05 Å². The molecule has 1 rings (SSSR count). The molecular formula is C12H16NO5P. The number of nitro benzene ring substituents is 1. The predicted octanol–water partition coefficient (Wildman–Crippen LogP) is 3.83. The molecule has 0 unspecified atom stereocenters. The van der Waals surface area contributed by atoms with Crippen LogP contribution in [0.15, 0.2) is 30.8 Å². The summed E-state index contributed by atoms with van der Waals surface area (Å²) in [5, 5.41) is 11.0. The van der Waals surface area contributed by atoms with Crippen LogP contribution in [0.25, 0.3) is 5.31 Å². The molecule has 0 radical (unpaired) electrons. The van der Waals surface area contributed by atoms with Crippen molar-refractivity contribution in [2.45, 2.75) is 13.8 Å². The van der Waals surface area contributed by atoms with Gasteiger partial charge in [-0.2, -0.15) is 0 Å². The Morgan fingerprint density at radius 2 is 1.84 bits per heavy atom. The Kier molecular flexibility index (Phi) is 5.42. The molecule has 0 aliphatic rings. The van der Waals surface area contributed by atoms with Gasteiger partial charge in [0.15, 0.2) is 0 Å². The van der Waals surface area contributed by atoms with Gasteiger partial charge >= 0.3 is 7.60 Å². The lowest BCUT2D eigenvalue weighted by atomic mass is 10.2. The minimum absolute atomic E-state index is 0.00324. The molecule has 104 valence electrons. The van der Waals surface area contributed by atoms with Crippen molar-refractivity contribution in [1.29, 1.82) is 0 Å². The molecule has 0 aromatic heterocycles. The minimum atomic E-state index is -3.60. The van der Waals surface area contributed by atoms with Crippen molar-refractivity contribution < 1.29 is 18.5 Å². The summed E-state index contributed by atoms with van der Waals surface area (Å²) in [4.78, 5) is 10.4. The van der Waals surface area contributed by atoms with Crippen LogP contribution >= 0.6 is 7.60 Å². The van der Waals surface area contributed by atoms with E-state index in [0.717, 1.165) is 0 Å². The van der Waals surface area contributed by atoms with Gasteiger partial charge < -0.3 is 9.05 Å². The van der Waals surface area contributed by atoms with Crippen molar-refractivity contribution in [2.24, 2.45) is 0 Å². The molecule has 0 aliphatic heterocycles. The number of nitro groups is 1. The van der Waals surface area contributed by atoms with Crippen molar-refractivity contribution >= 4 is 18.6 Å². The summed E-state index contributed by atoms with van der Waals surface area (Å²) in [5.74, 6) is 0. The molecule has 0 aliphatic carbocycles. The normalized spacial score (nSPS) is 11.3. The molecule has 0 spiro atoms. The first-order valence-corrected chi connectivity index (χ1v) is 7.33. The van der Waals surface area contributed by atoms with Crippen LogP contribution < -0.4 is 0 Å². The van der Waals surface area contributed by atoms with Crippen LogP contribution in [0.1, 0.15) is 19.4 Å². The molecule has 0 saturated heterocycles. The lowest BCUT2D eigenvalue weighted by Crippen LogP contribution is -2.00. The smallest absolute Gasteiger partial charge is 0.305 e. The summed E-state index contributed by atoms with van der Waals surface area (Å²) < 4.78 is 22.8. The Balaban J connectivity index is 3.25. The zero-order valence-corrected chi connectivity index (χ0v) is 11.8. The van der Waals surface area contributed by atoms with Crippen molar-refractivity contribution in [1.82, 2.24) is 0 Å². The largest absolute Gasteiger partial charge is 0.361 e. The lowest BCUT2D eigenvalue weighted by Gasteiger charge is -2.19. The summed E-state index contributed by atoms with van der Waals surface area (Å²) >= 11 is 0. The number of benzene rings is 1. The monoisotopic (exact) mass is 285 g/mol. The average Bonchev–Trinajstić information content (AvgIpc) is 2.38. The fourth-order valence-corrected chi connectivity index (χ4v) is 3.11. The van der Waals surface area contributed by atoms with E-state index < -0.39 is 12.5 Å². The van der Waals surface area contributed by atoms with Gasteiger partial charge in [-0.3, -0.25) is 14.7 Å². The second-order valence-electron chi connectivity index (χ2n) is 3.55. The van der Waals surface area contributed by atoms with Crippen LogP contribution in [0.4, 0.5) is 5.69 Å². The topological polar surface area (TPSA) is 78.7 Å². The van der Waals surface area contributed by atoms with Crippen molar-refractivity contribution in [3.63, 3.8) is 0 Å². The number of rotatable bonds is 7. The molecule has 7 heteroatoms. The maximum absolute atomic E-state index is 12.5. The molecule has 6 nitrogen and oxygen atoms in total. The SMILES string of the molecule is C=C(c1ccccc1[N+](=O)[O-])P(=O)(OCC)OCC. The van der Waals surface area contributed by atoms with Gasteiger partial charge in [0.1, 0.15) is 0 Å². The average molecular weight is 285 g/mol. The second-order valence-corrected chi connectivity index (χ2v) is 5.61. The molecule has 0 bridgehead atoms. The number of hydrogen-bond acceptors (Lipinski definition) is 5. The van der Waals surface area contributed by atoms with E-state index in [2.05, 4.69) is 6.58 Å². The van der Waals surface area contributed by atoms with Crippen LogP contribution in [0.3, 0.4) is 0 Å². The Bertz CT molecular complexity index is 519.